The first-order valence-electron chi connectivity index (χ1n) is 11.5. The summed E-state index contributed by atoms with van der Waals surface area (Å²) < 4.78 is 47.8. The smallest absolute Gasteiger partial charge is 0.416 e. The van der Waals surface area contributed by atoms with Gasteiger partial charge in [-0.1, -0.05) is 30.3 Å². The van der Waals surface area contributed by atoms with Crippen molar-refractivity contribution in [1.29, 1.82) is 0 Å². The van der Waals surface area contributed by atoms with Gasteiger partial charge >= 0.3 is 17.8 Å². The van der Waals surface area contributed by atoms with Gasteiger partial charge in [0, 0.05) is 17.5 Å². The van der Waals surface area contributed by atoms with E-state index in [4.69, 9.17) is 9.84 Å². The van der Waals surface area contributed by atoms with E-state index < -0.39 is 29.5 Å². The van der Waals surface area contributed by atoms with Crippen LogP contribution in [0.4, 0.5) is 13.2 Å². The highest BCUT2D eigenvalue weighted by Gasteiger charge is 2.30. The monoisotopic (exact) mass is 543 g/mol. The SMILES string of the molecule is Cc1cc(SCC(=O)O)c(C)cc1OC(c1ccccc1)c1nn(-c2ccc(C(F)(F)F)cc2)c(=O)n1C. The quantitative estimate of drug-likeness (QED) is 0.293. The fourth-order valence-electron chi connectivity index (χ4n) is 3.85. The van der Waals surface area contributed by atoms with Gasteiger partial charge in [-0.15, -0.1) is 16.9 Å². The van der Waals surface area contributed by atoms with Gasteiger partial charge < -0.3 is 9.84 Å². The number of ether oxygens (including phenoxy) is 1. The fourth-order valence-corrected chi connectivity index (χ4v) is 4.68. The maximum Gasteiger partial charge on any atom is 0.416 e. The van der Waals surface area contributed by atoms with Crippen LogP contribution in [0.3, 0.4) is 0 Å². The number of rotatable bonds is 8. The van der Waals surface area contributed by atoms with Crippen molar-refractivity contribution in [2.75, 3.05) is 5.75 Å². The summed E-state index contributed by atoms with van der Waals surface area (Å²) in [5.74, 6) is -0.215. The third kappa shape index (κ3) is 5.77. The van der Waals surface area contributed by atoms with E-state index in [1.165, 1.54) is 35.5 Å². The van der Waals surface area contributed by atoms with Crippen LogP contribution in [-0.2, 0) is 18.0 Å². The first kappa shape index (κ1) is 27.1. The molecule has 0 aliphatic carbocycles. The van der Waals surface area contributed by atoms with E-state index in [-0.39, 0.29) is 17.3 Å². The third-order valence-corrected chi connectivity index (χ3v) is 7.00. The standard InChI is InChI=1S/C27H24F3N3O4S/c1-16-14-22(38-15-23(34)35)17(2)13-21(16)37-24(18-7-5-4-6-8-18)25-31-33(26(36)32(25)3)20-11-9-19(10-12-20)27(28,29)30/h4-14,24H,15H2,1-3H3,(H,34,35). The van der Waals surface area contributed by atoms with Crippen LogP contribution in [0.2, 0.25) is 0 Å². The minimum Gasteiger partial charge on any atom is -0.481 e. The Bertz CT molecular complexity index is 1510. The fraction of sp³-hybridized carbons (Fsp3) is 0.222. The van der Waals surface area contributed by atoms with Crippen LogP contribution in [0, 0.1) is 13.8 Å². The Balaban J connectivity index is 1.75. The van der Waals surface area contributed by atoms with Gasteiger partial charge in [-0.25, -0.2) is 4.79 Å². The Morgan fingerprint density at radius 1 is 1.05 bits per heavy atom. The Morgan fingerprint density at radius 3 is 2.32 bits per heavy atom. The lowest BCUT2D eigenvalue weighted by Crippen LogP contribution is -2.23. The van der Waals surface area contributed by atoms with E-state index >= 15 is 0 Å². The predicted octanol–water partition coefficient (Wildman–Crippen LogP) is 5.55. The molecule has 4 aromatic rings. The van der Waals surface area contributed by atoms with E-state index in [2.05, 4.69) is 5.10 Å². The van der Waals surface area contributed by atoms with E-state index in [1.54, 1.807) is 6.07 Å². The molecule has 0 amide bonds. The molecule has 38 heavy (non-hydrogen) atoms. The predicted molar refractivity (Wildman–Crippen MR) is 137 cm³/mol. The molecule has 3 aromatic carbocycles. The molecule has 4 rings (SSSR count). The van der Waals surface area contributed by atoms with Gasteiger partial charge in [0.2, 0.25) is 0 Å². The van der Waals surface area contributed by atoms with E-state index in [1.807, 2.05) is 50.2 Å². The summed E-state index contributed by atoms with van der Waals surface area (Å²) in [5.41, 5.74) is 1.11. The second kappa shape index (κ2) is 10.8. The molecule has 1 aromatic heterocycles. The first-order valence-corrected chi connectivity index (χ1v) is 12.4. The van der Waals surface area contributed by atoms with Crippen molar-refractivity contribution in [3.05, 3.63) is 105 Å². The highest BCUT2D eigenvalue weighted by Crippen LogP contribution is 2.34. The first-order chi connectivity index (χ1) is 18.0. The second-order valence-corrected chi connectivity index (χ2v) is 9.65. The molecule has 1 N–H and O–H groups in total. The number of alkyl halides is 3. The Kier molecular flexibility index (Phi) is 7.68. The third-order valence-electron chi connectivity index (χ3n) is 5.86. The molecule has 1 heterocycles. The van der Waals surface area contributed by atoms with Gasteiger partial charge in [-0.2, -0.15) is 17.9 Å². The minimum atomic E-state index is -4.50. The lowest BCUT2D eigenvalue weighted by Gasteiger charge is -2.21. The van der Waals surface area contributed by atoms with Crippen LogP contribution >= 0.6 is 11.8 Å². The van der Waals surface area contributed by atoms with Crippen molar-refractivity contribution in [2.45, 2.75) is 31.0 Å². The van der Waals surface area contributed by atoms with Crippen molar-refractivity contribution < 1.29 is 27.8 Å². The number of benzene rings is 3. The number of aliphatic carboxylic acids is 1. The van der Waals surface area contributed by atoms with E-state index in [0.29, 0.717) is 11.3 Å². The summed E-state index contributed by atoms with van der Waals surface area (Å²) in [7, 11) is 1.52. The van der Waals surface area contributed by atoms with Gasteiger partial charge in [0.25, 0.3) is 0 Å². The zero-order valence-electron chi connectivity index (χ0n) is 20.7. The Morgan fingerprint density at radius 2 is 1.71 bits per heavy atom. The number of nitrogens with zero attached hydrogens (tertiary/aromatic N) is 3. The molecule has 0 saturated heterocycles. The molecule has 0 spiro atoms. The summed E-state index contributed by atoms with van der Waals surface area (Å²) in [6.07, 6.45) is -5.32. The number of thioether (sulfide) groups is 1. The zero-order chi connectivity index (χ0) is 27.6. The van der Waals surface area contributed by atoms with Crippen LogP contribution < -0.4 is 10.4 Å². The molecule has 1 unspecified atom stereocenters. The number of hydrogen-bond acceptors (Lipinski definition) is 5. The number of aryl methyl sites for hydroxylation is 2. The minimum absolute atomic E-state index is 0.0728. The average molecular weight is 544 g/mol. The topological polar surface area (TPSA) is 86.3 Å². The van der Waals surface area contributed by atoms with Crippen LogP contribution in [0.5, 0.6) is 5.75 Å². The average Bonchev–Trinajstić information content (AvgIpc) is 3.17. The molecule has 0 radical (unpaired) electrons. The van der Waals surface area contributed by atoms with Crippen LogP contribution in [-0.4, -0.2) is 31.2 Å². The molecule has 198 valence electrons. The zero-order valence-corrected chi connectivity index (χ0v) is 21.5. The molecule has 11 heteroatoms. The van der Waals surface area contributed by atoms with Crippen LogP contribution in [0.1, 0.15) is 34.2 Å². The van der Waals surface area contributed by atoms with Gasteiger partial charge in [0.1, 0.15) is 5.75 Å². The molecule has 0 fully saturated rings. The highest BCUT2D eigenvalue weighted by atomic mass is 32.2. The van der Waals surface area contributed by atoms with Crippen molar-refractivity contribution in [3.8, 4) is 11.4 Å². The number of halogens is 3. The van der Waals surface area contributed by atoms with Crippen molar-refractivity contribution in [2.24, 2.45) is 7.05 Å². The molecule has 0 aliphatic heterocycles. The lowest BCUT2D eigenvalue weighted by atomic mass is 10.1. The molecular weight excluding hydrogens is 519 g/mol. The van der Waals surface area contributed by atoms with Gasteiger partial charge in [-0.3, -0.25) is 9.36 Å². The summed E-state index contributed by atoms with van der Waals surface area (Å²) in [4.78, 5) is 24.9. The number of aromatic nitrogens is 3. The maximum atomic E-state index is 13.1. The molecular formula is C27H24F3N3O4S. The molecule has 1 atom stereocenters. The van der Waals surface area contributed by atoms with Gasteiger partial charge in [-0.05, 0) is 61.4 Å². The number of carbonyl (C=O) groups is 1. The number of carboxylic acids is 1. The second-order valence-electron chi connectivity index (χ2n) is 8.63. The number of carboxylic acid groups (broad SMARTS) is 1. The molecule has 7 nitrogen and oxygen atoms in total. The van der Waals surface area contributed by atoms with Gasteiger partial charge in [0.05, 0.1) is 17.0 Å². The lowest BCUT2D eigenvalue weighted by molar-refractivity contribution is -0.137. The molecule has 0 bridgehead atoms. The summed E-state index contributed by atoms with van der Waals surface area (Å²) in [6, 6.07) is 17.0. The van der Waals surface area contributed by atoms with Crippen molar-refractivity contribution in [3.63, 3.8) is 0 Å². The van der Waals surface area contributed by atoms with Crippen LogP contribution in [0.25, 0.3) is 5.69 Å². The molecule has 0 saturated carbocycles. The largest absolute Gasteiger partial charge is 0.481 e. The van der Waals surface area contributed by atoms with Gasteiger partial charge in [0.15, 0.2) is 11.9 Å². The maximum absolute atomic E-state index is 13.1. The highest BCUT2D eigenvalue weighted by molar-refractivity contribution is 8.00. The normalized spacial score (nSPS) is 12.4. The summed E-state index contributed by atoms with van der Waals surface area (Å²) in [6.45, 7) is 3.69. The van der Waals surface area contributed by atoms with Crippen LogP contribution in [0.15, 0.2) is 76.4 Å². The van der Waals surface area contributed by atoms with Crippen molar-refractivity contribution >= 4 is 17.7 Å². The summed E-state index contributed by atoms with van der Waals surface area (Å²) in [5, 5.41) is 13.5. The Hall–Kier alpha value is -3.99. The Labute approximate surface area is 220 Å². The molecule has 0 aliphatic rings. The van der Waals surface area contributed by atoms with Crippen molar-refractivity contribution in [1.82, 2.24) is 14.3 Å². The number of hydrogen-bond donors (Lipinski definition) is 1. The van der Waals surface area contributed by atoms with E-state index in [0.717, 1.165) is 32.8 Å². The summed E-state index contributed by atoms with van der Waals surface area (Å²) >= 11 is 1.21. The van der Waals surface area contributed by atoms with E-state index in [9.17, 15) is 22.8 Å².